The van der Waals surface area contributed by atoms with Crippen molar-refractivity contribution in [3.05, 3.63) is 0 Å². The molecular weight excluding hydrogens is 308 g/mol. The van der Waals surface area contributed by atoms with E-state index in [-0.39, 0.29) is 6.61 Å². The topological polar surface area (TPSA) is 89.5 Å². The first-order chi connectivity index (χ1) is 10.9. The predicted octanol–water partition coefficient (Wildman–Crippen LogP) is 0.663. The van der Waals surface area contributed by atoms with Crippen LogP contribution < -0.4 is 0 Å². The third kappa shape index (κ3) is 5.72. The van der Waals surface area contributed by atoms with Gasteiger partial charge in [-0.15, -0.1) is 0 Å². The largest absolute Gasteiger partial charge is 0.463 e. The van der Waals surface area contributed by atoms with Crippen LogP contribution in [-0.4, -0.2) is 69.6 Å². The molecule has 0 bridgehead atoms. The highest BCUT2D eigenvalue weighted by Crippen LogP contribution is 2.29. The fourth-order valence-corrected chi connectivity index (χ4v) is 2.49. The Morgan fingerprint density at radius 1 is 0.957 bits per heavy atom. The standard InChI is InChI=1S/C15H26O8/c1-6-19-13-12(22-10(4)17)11(8-21-9(3)16)23-15(18-5)14(13)20-7-2/h11-15H,6-8H2,1-5H3/t11-,12-,13+,14+,15+/m1/s1. The van der Waals surface area contributed by atoms with Crippen molar-refractivity contribution in [3.8, 4) is 0 Å². The molecule has 0 N–H and O–H groups in total. The first-order valence-electron chi connectivity index (χ1n) is 7.66. The van der Waals surface area contributed by atoms with Gasteiger partial charge in [-0.25, -0.2) is 0 Å². The smallest absolute Gasteiger partial charge is 0.303 e. The summed E-state index contributed by atoms with van der Waals surface area (Å²) >= 11 is 0. The van der Waals surface area contributed by atoms with Gasteiger partial charge in [0.2, 0.25) is 0 Å². The van der Waals surface area contributed by atoms with Crippen molar-refractivity contribution < 1.29 is 38.0 Å². The lowest BCUT2D eigenvalue weighted by Crippen LogP contribution is -2.62. The molecule has 0 saturated carbocycles. The maximum atomic E-state index is 11.4. The normalized spacial score (nSPS) is 30.7. The van der Waals surface area contributed by atoms with Crippen LogP contribution in [0.5, 0.6) is 0 Å². The molecule has 0 aromatic rings. The second-order valence-corrected chi connectivity index (χ2v) is 5.00. The third-order valence-electron chi connectivity index (χ3n) is 3.29. The lowest BCUT2D eigenvalue weighted by Gasteiger charge is -2.44. The molecule has 5 atom stereocenters. The fourth-order valence-electron chi connectivity index (χ4n) is 2.49. The molecular formula is C15H26O8. The molecule has 23 heavy (non-hydrogen) atoms. The van der Waals surface area contributed by atoms with Gasteiger partial charge >= 0.3 is 11.9 Å². The van der Waals surface area contributed by atoms with Crippen molar-refractivity contribution in [2.24, 2.45) is 0 Å². The molecule has 0 aliphatic carbocycles. The molecule has 1 aliphatic rings. The minimum absolute atomic E-state index is 0.0738. The van der Waals surface area contributed by atoms with Gasteiger partial charge in [-0.2, -0.15) is 0 Å². The van der Waals surface area contributed by atoms with Gasteiger partial charge in [0, 0.05) is 34.2 Å². The van der Waals surface area contributed by atoms with Gasteiger partial charge in [-0.3, -0.25) is 9.59 Å². The van der Waals surface area contributed by atoms with Crippen molar-refractivity contribution in [1.82, 2.24) is 0 Å². The van der Waals surface area contributed by atoms with Crippen molar-refractivity contribution in [2.45, 2.75) is 58.4 Å². The van der Waals surface area contributed by atoms with Crippen LogP contribution in [0.25, 0.3) is 0 Å². The molecule has 1 fully saturated rings. The number of rotatable bonds is 8. The van der Waals surface area contributed by atoms with E-state index in [1.807, 2.05) is 13.8 Å². The van der Waals surface area contributed by atoms with E-state index in [1.54, 1.807) is 0 Å². The summed E-state index contributed by atoms with van der Waals surface area (Å²) in [4.78, 5) is 22.5. The van der Waals surface area contributed by atoms with Crippen LogP contribution >= 0.6 is 0 Å². The second-order valence-electron chi connectivity index (χ2n) is 5.00. The molecule has 1 heterocycles. The molecule has 0 amide bonds. The number of hydrogen-bond donors (Lipinski definition) is 0. The van der Waals surface area contributed by atoms with Gasteiger partial charge in [0.1, 0.15) is 24.9 Å². The average Bonchev–Trinajstić information content (AvgIpc) is 2.49. The Morgan fingerprint density at radius 3 is 2.04 bits per heavy atom. The Morgan fingerprint density at radius 2 is 1.57 bits per heavy atom. The summed E-state index contributed by atoms with van der Waals surface area (Å²) < 4.78 is 32.8. The predicted molar refractivity (Wildman–Crippen MR) is 78.7 cm³/mol. The summed E-state index contributed by atoms with van der Waals surface area (Å²) in [6, 6.07) is 0. The first kappa shape index (κ1) is 19.8. The molecule has 0 spiro atoms. The zero-order valence-corrected chi connectivity index (χ0v) is 14.3. The van der Waals surface area contributed by atoms with Gasteiger partial charge in [0.25, 0.3) is 0 Å². The Bertz CT molecular complexity index is 386. The van der Waals surface area contributed by atoms with E-state index >= 15 is 0 Å². The van der Waals surface area contributed by atoms with E-state index in [0.29, 0.717) is 13.2 Å². The average molecular weight is 334 g/mol. The van der Waals surface area contributed by atoms with Gasteiger partial charge < -0.3 is 28.4 Å². The minimum Gasteiger partial charge on any atom is -0.463 e. The summed E-state index contributed by atoms with van der Waals surface area (Å²) in [7, 11) is 1.48. The van der Waals surface area contributed by atoms with Gasteiger partial charge in [0.05, 0.1) is 0 Å². The fraction of sp³-hybridized carbons (Fsp3) is 0.867. The number of carbonyl (C=O) groups is 2. The van der Waals surface area contributed by atoms with Crippen molar-refractivity contribution >= 4 is 11.9 Å². The quantitative estimate of drug-likeness (QED) is 0.598. The lowest BCUT2D eigenvalue weighted by molar-refractivity contribution is -0.311. The van der Waals surface area contributed by atoms with Crippen molar-refractivity contribution in [3.63, 3.8) is 0 Å². The number of hydrogen-bond acceptors (Lipinski definition) is 8. The Kier molecular flexibility index (Phi) is 8.46. The highest BCUT2D eigenvalue weighted by Gasteiger charge is 2.49. The Balaban J connectivity index is 3.02. The lowest BCUT2D eigenvalue weighted by atomic mass is 9.98. The number of methoxy groups -OCH3 is 1. The molecule has 0 unspecified atom stereocenters. The van der Waals surface area contributed by atoms with Crippen LogP contribution in [0.1, 0.15) is 27.7 Å². The molecule has 0 radical (unpaired) electrons. The maximum Gasteiger partial charge on any atom is 0.303 e. The number of ether oxygens (including phenoxy) is 6. The number of esters is 2. The van der Waals surface area contributed by atoms with Gasteiger partial charge in [-0.05, 0) is 13.8 Å². The highest BCUT2D eigenvalue weighted by atomic mass is 16.7. The molecule has 1 rings (SSSR count). The van der Waals surface area contributed by atoms with E-state index in [9.17, 15) is 9.59 Å². The van der Waals surface area contributed by atoms with Crippen LogP contribution in [0.4, 0.5) is 0 Å². The van der Waals surface area contributed by atoms with Crippen molar-refractivity contribution in [1.29, 1.82) is 0 Å². The van der Waals surface area contributed by atoms with Crippen LogP contribution in [0.15, 0.2) is 0 Å². The van der Waals surface area contributed by atoms with Gasteiger partial charge in [-0.1, -0.05) is 0 Å². The summed E-state index contributed by atoms with van der Waals surface area (Å²) in [5.74, 6) is -0.939. The minimum atomic E-state index is -0.769. The molecule has 0 aromatic heterocycles. The summed E-state index contributed by atoms with van der Waals surface area (Å²) in [6.45, 7) is 6.98. The third-order valence-corrected chi connectivity index (χ3v) is 3.29. The zero-order valence-electron chi connectivity index (χ0n) is 14.3. The zero-order chi connectivity index (χ0) is 17.4. The van der Waals surface area contributed by atoms with Crippen LogP contribution in [0.2, 0.25) is 0 Å². The Hall–Kier alpha value is -1.22. The van der Waals surface area contributed by atoms with Crippen molar-refractivity contribution in [2.75, 3.05) is 26.9 Å². The first-order valence-corrected chi connectivity index (χ1v) is 7.66. The van der Waals surface area contributed by atoms with E-state index in [4.69, 9.17) is 28.4 Å². The monoisotopic (exact) mass is 334 g/mol. The molecule has 0 aromatic carbocycles. The molecule has 134 valence electrons. The summed E-state index contributed by atoms with van der Waals surface area (Å²) in [6.07, 6.45) is -3.36. The Labute approximate surface area is 136 Å². The molecule has 1 saturated heterocycles. The van der Waals surface area contributed by atoms with E-state index in [1.165, 1.54) is 21.0 Å². The second kappa shape index (κ2) is 9.82. The van der Waals surface area contributed by atoms with Gasteiger partial charge in [0.15, 0.2) is 12.4 Å². The van der Waals surface area contributed by atoms with Crippen LogP contribution in [0.3, 0.4) is 0 Å². The SMILES string of the molecule is CCO[C@@H]1[C@H](OCC)[C@@H](OC)O[C@H](COC(C)=O)[C@H]1OC(C)=O. The molecule has 8 nitrogen and oxygen atoms in total. The summed E-state index contributed by atoms with van der Waals surface area (Å²) in [5.41, 5.74) is 0. The van der Waals surface area contributed by atoms with Crippen LogP contribution in [-0.2, 0) is 38.0 Å². The van der Waals surface area contributed by atoms with Crippen LogP contribution in [0, 0.1) is 0 Å². The highest BCUT2D eigenvalue weighted by molar-refractivity contribution is 5.66. The maximum absolute atomic E-state index is 11.4. The molecule has 1 aliphatic heterocycles. The summed E-state index contributed by atoms with van der Waals surface area (Å²) in [5, 5.41) is 0. The molecule has 8 heteroatoms. The van der Waals surface area contributed by atoms with E-state index in [0.717, 1.165) is 0 Å². The number of carbonyl (C=O) groups excluding carboxylic acids is 2. The van der Waals surface area contributed by atoms with E-state index in [2.05, 4.69) is 0 Å². The van der Waals surface area contributed by atoms with E-state index < -0.39 is 42.6 Å².